The molecular formula is C33H38Cl2N4O4. The largest absolute Gasteiger partial charge is 0.367 e. The average Bonchev–Trinajstić information content (AvgIpc) is 3.77. The molecule has 1 unspecified atom stereocenters. The second-order valence-electron chi connectivity index (χ2n) is 11.1. The molecule has 228 valence electrons. The summed E-state index contributed by atoms with van der Waals surface area (Å²) in [4.78, 5) is 30.9. The zero-order chi connectivity index (χ0) is 30.5. The third-order valence-electron chi connectivity index (χ3n) is 8.12. The highest BCUT2D eigenvalue weighted by Gasteiger charge is 2.34. The minimum atomic E-state index is -0.447. The Morgan fingerprint density at radius 3 is 2.67 bits per heavy atom. The molecule has 3 aliphatic rings. The van der Waals surface area contributed by atoms with Crippen molar-refractivity contribution in [3.63, 3.8) is 0 Å². The van der Waals surface area contributed by atoms with E-state index in [1.165, 1.54) is 0 Å². The van der Waals surface area contributed by atoms with Crippen molar-refractivity contribution in [3.05, 3.63) is 69.1 Å². The number of allylic oxidation sites excluding steroid dienone is 4. The van der Waals surface area contributed by atoms with E-state index in [0.717, 1.165) is 48.1 Å². The molecule has 0 radical (unpaired) electrons. The normalized spacial score (nSPS) is 18.3. The minimum absolute atomic E-state index is 0.0769. The van der Waals surface area contributed by atoms with Crippen molar-refractivity contribution in [3.8, 4) is 0 Å². The van der Waals surface area contributed by atoms with Crippen LogP contribution in [-0.4, -0.2) is 46.9 Å². The molecule has 10 heteroatoms. The van der Waals surface area contributed by atoms with E-state index < -0.39 is 6.03 Å². The Bertz CT molecular complexity index is 1500. The zero-order valence-corrected chi connectivity index (χ0v) is 26.4. The Hall–Kier alpha value is -3.20. The van der Waals surface area contributed by atoms with Crippen LogP contribution in [0.3, 0.4) is 0 Å². The van der Waals surface area contributed by atoms with Crippen LogP contribution >= 0.6 is 23.2 Å². The van der Waals surface area contributed by atoms with Gasteiger partial charge in [0.25, 0.3) is 0 Å². The van der Waals surface area contributed by atoms with Crippen molar-refractivity contribution >= 4 is 57.7 Å². The van der Waals surface area contributed by atoms with Crippen LogP contribution in [0.5, 0.6) is 0 Å². The number of hydrogen-bond donors (Lipinski definition) is 1. The number of urea groups is 1. The fourth-order valence-corrected chi connectivity index (χ4v) is 6.22. The van der Waals surface area contributed by atoms with Crippen molar-refractivity contribution < 1.29 is 18.8 Å². The van der Waals surface area contributed by atoms with Crippen LogP contribution in [-0.2, 0) is 16.1 Å². The number of rotatable bonds is 10. The van der Waals surface area contributed by atoms with E-state index in [1.807, 2.05) is 49.1 Å². The Morgan fingerprint density at radius 1 is 1.21 bits per heavy atom. The van der Waals surface area contributed by atoms with Crippen LogP contribution < -0.4 is 5.32 Å². The van der Waals surface area contributed by atoms with Crippen LogP contribution in [0.4, 0.5) is 10.5 Å². The van der Waals surface area contributed by atoms with Gasteiger partial charge in [-0.05, 0) is 68.2 Å². The summed E-state index contributed by atoms with van der Waals surface area (Å²) < 4.78 is 12.2. The first-order valence-electron chi connectivity index (χ1n) is 15.1. The predicted octanol–water partition coefficient (Wildman–Crippen LogP) is 8.43. The maximum absolute atomic E-state index is 13.0. The summed E-state index contributed by atoms with van der Waals surface area (Å²) in [6.45, 7) is 7.10. The summed E-state index contributed by atoms with van der Waals surface area (Å²) in [6, 6.07) is 7.27. The first kappa shape index (κ1) is 31.2. The number of hydrogen-bond acceptors (Lipinski definition) is 5. The summed E-state index contributed by atoms with van der Waals surface area (Å²) >= 11 is 13.2. The number of carbonyl (C=O) groups excluding carboxylic acids is 2. The van der Waals surface area contributed by atoms with Gasteiger partial charge in [-0.15, -0.1) is 0 Å². The van der Waals surface area contributed by atoms with Crippen LogP contribution in [0.2, 0.25) is 0 Å². The molecule has 0 saturated heterocycles. The lowest BCUT2D eigenvalue weighted by Crippen LogP contribution is -2.32. The molecule has 1 aromatic heterocycles. The number of aliphatic imine (C=N–C) groups is 1. The summed E-state index contributed by atoms with van der Waals surface area (Å²) in [5.74, 6) is 1.23. The fraction of sp³-hybridized carbons (Fsp3) is 0.455. The quantitative estimate of drug-likeness (QED) is 0.267. The number of nitrogens with one attached hydrogen (secondary N) is 1. The SMILES string of the molecule is CCC(=NC(=O)Nc1cccc(C2=CCN(C(C)=O)CC2)c1)C(CC)OCc1c(C2=C(Cl)CCC=C2Cl)noc1C1CC1. The van der Waals surface area contributed by atoms with Crippen LogP contribution in [0, 0.1) is 0 Å². The van der Waals surface area contributed by atoms with Crippen molar-refractivity contribution in [1.82, 2.24) is 10.1 Å². The van der Waals surface area contributed by atoms with Crippen LogP contribution in [0.25, 0.3) is 11.1 Å². The Kier molecular flexibility index (Phi) is 10.2. The van der Waals surface area contributed by atoms with Gasteiger partial charge in [0.1, 0.15) is 11.5 Å². The molecule has 3 amide bonds. The van der Waals surface area contributed by atoms with Gasteiger partial charge >= 0.3 is 6.03 Å². The molecule has 1 saturated carbocycles. The molecule has 1 fully saturated rings. The minimum Gasteiger partial charge on any atom is -0.367 e. The van der Waals surface area contributed by atoms with Crippen molar-refractivity contribution in [2.45, 2.75) is 84.3 Å². The van der Waals surface area contributed by atoms with E-state index in [0.29, 0.717) is 71.0 Å². The lowest BCUT2D eigenvalue weighted by atomic mass is 9.99. The lowest BCUT2D eigenvalue weighted by molar-refractivity contribution is -0.128. The summed E-state index contributed by atoms with van der Waals surface area (Å²) in [7, 11) is 0. The zero-order valence-electron chi connectivity index (χ0n) is 24.9. The molecule has 2 heterocycles. The van der Waals surface area contributed by atoms with Crippen molar-refractivity contribution in [1.29, 1.82) is 0 Å². The van der Waals surface area contributed by atoms with Gasteiger partial charge in [0.15, 0.2) is 0 Å². The summed E-state index contributed by atoms with van der Waals surface area (Å²) in [5, 5.41) is 8.55. The topological polar surface area (TPSA) is 97.0 Å². The number of benzene rings is 1. The van der Waals surface area contributed by atoms with Gasteiger partial charge in [-0.1, -0.05) is 66.5 Å². The molecule has 0 bridgehead atoms. The molecule has 1 aromatic carbocycles. The van der Waals surface area contributed by atoms with E-state index in [2.05, 4.69) is 21.5 Å². The van der Waals surface area contributed by atoms with Crippen molar-refractivity contribution in [2.24, 2.45) is 4.99 Å². The maximum Gasteiger partial charge on any atom is 0.345 e. The highest BCUT2D eigenvalue weighted by atomic mass is 35.5. The second kappa shape index (κ2) is 14.1. The molecule has 2 aliphatic carbocycles. The molecule has 8 nitrogen and oxygen atoms in total. The smallest absolute Gasteiger partial charge is 0.345 e. The second-order valence-corrected chi connectivity index (χ2v) is 12.0. The Morgan fingerprint density at radius 2 is 2.02 bits per heavy atom. The first-order valence-corrected chi connectivity index (χ1v) is 15.8. The monoisotopic (exact) mass is 624 g/mol. The van der Waals surface area contributed by atoms with Gasteiger partial charge in [-0.2, -0.15) is 0 Å². The number of aromatic nitrogens is 1. The number of nitrogens with zero attached hydrogens (tertiary/aromatic N) is 3. The molecule has 1 aliphatic heterocycles. The van der Waals surface area contributed by atoms with Gasteiger partial charge in [0.05, 0.1) is 18.4 Å². The standard InChI is InChI=1S/C33H38Cl2N4O4/c1-4-28(37-33(41)36-24-9-6-8-23(18-24)21-14-16-39(17-15-21)20(3)40)29(5-2)42-19-25-31(38-43-32(25)22-12-13-22)30-26(34)10-7-11-27(30)35/h6,8-10,14,18,22,29H,4-5,7,11-13,15-17,19H2,1-3H3,(H,36,41). The van der Waals surface area contributed by atoms with E-state index in [1.54, 1.807) is 6.92 Å². The Labute approximate surface area is 262 Å². The predicted molar refractivity (Wildman–Crippen MR) is 171 cm³/mol. The number of carbonyl (C=O) groups is 2. The van der Waals surface area contributed by atoms with Gasteiger partial charge in [0.2, 0.25) is 5.91 Å². The van der Waals surface area contributed by atoms with E-state index in [-0.39, 0.29) is 18.6 Å². The van der Waals surface area contributed by atoms with E-state index in [4.69, 9.17) is 32.5 Å². The van der Waals surface area contributed by atoms with E-state index in [9.17, 15) is 9.59 Å². The third-order valence-corrected chi connectivity index (χ3v) is 8.84. The molecule has 1 atom stereocenters. The molecule has 2 aromatic rings. The van der Waals surface area contributed by atoms with Gasteiger partial charge in [-0.25, -0.2) is 9.79 Å². The van der Waals surface area contributed by atoms with Crippen LogP contribution in [0.15, 0.2) is 56.0 Å². The lowest BCUT2D eigenvalue weighted by Gasteiger charge is -2.25. The summed E-state index contributed by atoms with van der Waals surface area (Å²) in [6.07, 6.45) is 9.23. The number of halogens is 2. The first-order chi connectivity index (χ1) is 20.8. The molecule has 5 rings (SSSR count). The molecule has 0 spiro atoms. The molecule has 1 N–H and O–H groups in total. The number of anilines is 1. The van der Waals surface area contributed by atoms with Gasteiger partial charge in [0, 0.05) is 52.8 Å². The van der Waals surface area contributed by atoms with Gasteiger partial charge < -0.3 is 19.5 Å². The third kappa shape index (κ3) is 7.48. The van der Waals surface area contributed by atoms with Crippen molar-refractivity contribution in [2.75, 3.05) is 18.4 Å². The average molecular weight is 626 g/mol. The number of ether oxygens (including phenoxy) is 1. The Balaban J connectivity index is 1.28. The highest BCUT2D eigenvalue weighted by molar-refractivity contribution is 6.42. The number of amides is 3. The van der Waals surface area contributed by atoms with Crippen LogP contribution in [0.1, 0.15) is 94.2 Å². The maximum atomic E-state index is 13.0. The summed E-state index contributed by atoms with van der Waals surface area (Å²) in [5.41, 5.74) is 5.72. The fourth-order valence-electron chi connectivity index (χ4n) is 5.56. The van der Waals surface area contributed by atoms with E-state index >= 15 is 0 Å². The van der Waals surface area contributed by atoms with Gasteiger partial charge in [-0.3, -0.25) is 4.79 Å². The highest BCUT2D eigenvalue weighted by Crippen LogP contribution is 2.46. The molecular weight excluding hydrogens is 587 g/mol. The molecule has 43 heavy (non-hydrogen) atoms.